The molecule has 0 fully saturated rings. The third-order valence-corrected chi connectivity index (χ3v) is 5.62. The molecule has 0 spiro atoms. The second kappa shape index (κ2) is 7.56. The van der Waals surface area contributed by atoms with Gasteiger partial charge in [-0.15, -0.1) is 11.3 Å². The first-order chi connectivity index (χ1) is 13.5. The van der Waals surface area contributed by atoms with Crippen LogP contribution in [0.4, 0.5) is 5.69 Å². The topological polar surface area (TPSA) is 68.0 Å². The summed E-state index contributed by atoms with van der Waals surface area (Å²) < 4.78 is 6.90. The molecule has 2 heterocycles. The first-order valence-electron chi connectivity index (χ1n) is 9.17. The molecule has 0 radical (unpaired) electrons. The van der Waals surface area contributed by atoms with Crippen molar-refractivity contribution in [1.29, 1.82) is 0 Å². The number of rotatable bonds is 5. The predicted molar refractivity (Wildman–Crippen MR) is 113 cm³/mol. The fourth-order valence-corrected chi connectivity index (χ4v) is 3.88. The van der Waals surface area contributed by atoms with Gasteiger partial charge in [0.1, 0.15) is 0 Å². The van der Waals surface area contributed by atoms with Crippen molar-refractivity contribution in [3.63, 3.8) is 0 Å². The Morgan fingerprint density at radius 1 is 1.11 bits per heavy atom. The minimum absolute atomic E-state index is 0.0634. The number of nitrogens with one attached hydrogen (secondary N) is 1. The molecule has 1 N–H and O–H groups in total. The molecule has 1 amide bonds. The Balaban J connectivity index is 1.37. The molecule has 6 heteroatoms. The first-order valence-corrected chi connectivity index (χ1v) is 9.99. The van der Waals surface area contributed by atoms with Crippen LogP contribution in [0.2, 0.25) is 0 Å². The molecule has 142 valence electrons. The smallest absolute Gasteiger partial charge is 0.224 e. The van der Waals surface area contributed by atoms with Crippen molar-refractivity contribution in [3.8, 4) is 11.3 Å². The molecule has 0 aliphatic rings. The molecule has 0 aliphatic carbocycles. The van der Waals surface area contributed by atoms with E-state index in [1.54, 1.807) is 17.5 Å². The number of anilines is 1. The molecule has 28 heavy (non-hydrogen) atoms. The molecule has 2 aromatic heterocycles. The van der Waals surface area contributed by atoms with Crippen LogP contribution in [-0.4, -0.2) is 15.9 Å². The molecule has 0 unspecified atom stereocenters. The largest absolute Gasteiger partial charge is 0.441 e. The molecule has 4 aromatic rings. The van der Waals surface area contributed by atoms with Crippen LogP contribution in [0.3, 0.4) is 0 Å². The Bertz CT molecular complexity index is 1160. The van der Waals surface area contributed by atoms with Gasteiger partial charge in [0, 0.05) is 24.1 Å². The van der Waals surface area contributed by atoms with Crippen molar-refractivity contribution < 1.29 is 9.21 Å². The van der Waals surface area contributed by atoms with Crippen molar-refractivity contribution in [2.24, 2.45) is 0 Å². The average Bonchev–Trinajstić information content (AvgIpc) is 3.27. The second-order valence-corrected chi connectivity index (χ2v) is 8.12. The van der Waals surface area contributed by atoms with E-state index in [0.29, 0.717) is 18.7 Å². The molecule has 4 rings (SSSR count). The van der Waals surface area contributed by atoms with Crippen molar-refractivity contribution in [1.82, 2.24) is 9.97 Å². The molecule has 2 aromatic carbocycles. The van der Waals surface area contributed by atoms with Gasteiger partial charge in [0.2, 0.25) is 5.91 Å². The van der Waals surface area contributed by atoms with Crippen LogP contribution in [0.1, 0.15) is 28.4 Å². The molecule has 5 nitrogen and oxygen atoms in total. The Kier molecular flexibility index (Phi) is 4.96. The molecule has 0 saturated heterocycles. The summed E-state index contributed by atoms with van der Waals surface area (Å²) in [6, 6.07) is 11.9. The van der Waals surface area contributed by atoms with Crippen LogP contribution in [0, 0.1) is 20.8 Å². The lowest BCUT2D eigenvalue weighted by atomic mass is 10.1. The number of amides is 1. The minimum atomic E-state index is -0.0634. The van der Waals surface area contributed by atoms with Crippen LogP contribution in [0.5, 0.6) is 0 Å². The van der Waals surface area contributed by atoms with Gasteiger partial charge in [-0.1, -0.05) is 12.1 Å². The zero-order valence-electron chi connectivity index (χ0n) is 16.1. The number of carbonyl (C=O) groups is 1. The van der Waals surface area contributed by atoms with E-state index < -0.39 is 0 Å². The summed E-state index contributed by atoms with van der Waals surface area (Å²) in [5.74, 6) is 1.23. The fraction of sp³-hybridized carbons (Fsp3) is 0.227. The number of aromatic nitrogens is 2. The molecular weight excluding hydrogens is 370 g/mol. The summed E-state index contributed by atoms with van der Waals surface area (Å²) >= 11 is 1.62. The third-order valence-electron chi connectivity index (χ3n) is 4.69. The van der Waals surface area contributed by atoms with Crippen molar-refractivity contribution >= 4 is 33.1 Å². The Hall–Kier alpha value is -2.99. The number of nitrogens with zero attached hydrogens (tertiary/aromatic N) is 2. The summed E-state index contributed by atoms with van der Waals surface area (Å²) in [4.78, 5) is 21.0. The molecule has 0 atom stereocenters. The van der Waals surface area contributed by atoms with Crippen LogP contribution in [0.25, 0.3) is 21.5 Å². The quantitative estimate of drug-likeness (QED) is 0.491. The number of thiazole rings is 1. The number of hydrogen-bond acceptors (Lipinski definition) is 5. The van der Waals surface area contributed by atoms with Crippen molar-refractivity contribution in [2.45, 2.75) is 33.6 Å². The fourth-order valence-electron chi connectivity index (χ4n) is 3.02. The zero-order chi connectivity index (χ0) is 19.7. The maximum atomic E-state index is 12.3. The van der Waals surface area contributed by atoms with E-state index in [1.807, 2.05) is 31.2 Å². The molecule has 0 saturated carbocycles. The van der Waals surface area contributed by atoms with Gasteiger partial charge in [0.15, 0.2) is 11.7 Å². The average molecular weight is 391 g/mol. The van der Waals surface area contributed by atoms with Gasteiger partial charge < -0.3 is 9.73 Å². The molecular formula is C22H21N3O2S. The minimum Gasteiger partial charge on any atom is -0.441 e. The summed E-state index contributed by atoms with van der Waals surface area (Å²) in [6.45, 7) is 6.13. The van der Waals surface area contributed by atoms with E-state index in [1.165, 1.54) is 11.1 Å². The lowest BCUT2D eigenvalue weighted by Gasteiger charge is -2.04. The highest BCUT2D eigenvalue weighted by atomic mass is 32.1. The van der Waals surface area contributed by atoms with Crippen molar-refractivity contribution in [3.05, 3.63) is 64.6 Å². The molecule has 0 bridgehead atoms. The van der Waals surface area contributed by atoms with Crippen LogP contribution in [-0.2, 0) is 11.2 Å². The highest BCUT2D eigenvalue weighted by Gasteiger charge is 2.11. The van der Waals surface area contributed by atoms with Gasteiger partial charge in [-0.3, -0.25) is 4.79 Å². The van der Waals surface area contributed by atoms with Crippen LogP contribution < -0.4 is 5.32 Å². The summed E-state index contributed by atoms with van der Waals surface area (Å²) in [5, 5.41) is 3.95. The van der Waals surface area contributed by atoms with Gasteiger partial charge in [0.25, 0.3) is 0 Å². The number of hydrogen-bond donors (Lipinski definition) is 1. The summed E-state index contributed by atoms with van der Waals surface area (Å²) in [7, 11) is 0. The highest BCUT2D eigenvalue weighted by Crippen LogP contribution is 2.25. The van der Waals surface area contributed by atoms with E-state index in [-0.39, 0.29) is 5.91 Å². The van der Waals surface area contributed by atoms with Gasteiger partial charge in [-0.2, -0.15) is 0 Å². The zero-order valence-corrected chi connectivity index (χ0v) is 16.9. The van der Waals surface area contributed by atoms with E-state index >= 15 is 0 Å². The first kappa shape index (κ1) is 18.4. The summed E-state index contributed by atoms with van der Waals surface area (Å²) in [5.41, 5.74) is 5.19. The number of carbonyl (C=O) groups excluding carboxylic acids is 1. The number of oxazole rings is 1. The standard InChI is InChI=1S/C22H21N3O2S/c1-13-4-5-16(10-14(13)2)19-12-23-22(27-19)9-8-21(26)25-17-6-7-18-20(11-17)28-15(3)24-18/h4-7,10-12H,8-9H2,1-3H3,(H,25,26). The summed E-state index contributed by atoms with van der Waals surface area (Å²) in [6.07, 6.45) is 2.49. The van der Waals surface area contributed by atoms with E-state index in [2.05, 4.69) is 41.3 Å². The van der Waals surface area contributed by atoms with Gasteiger partial charge in [-0.25, -0.2) is 9.97 Å². The lowest BCUT2D eigenvalue weighted by Crippen LogP contribution is -2.12. The van der Waals surface area contributed by atoms with E-state index in [9.17, 15) is 4.79 Å². The molecule has 0 aliphatic heterocycles. The Morgan fingerprint density at radius 3 is 2.79 bits per heavy atom. The second-order valence-electron chi connectivity index (χ2n) is 6.88. The van der Waals surface area contributed by atoms with Gasteiger partial charge >= 0.3 is 0 Å². The maximum absolute atomic E-state index is 12.3. The maximum Gasteiger partial charge on any atom is 0.224 e. The number of fused-ring (bicyclic) bond motifs is 1. The highest BCUT2D eigenvalue weighted by molar-refractivity contribution is 7.18. The van der Waals surface area contributed by atoms with Gasteiger partial charge in [0.05, 0.1) is 21.4 Å². The normalized spacial score (nSPS) is 11.1. The van der Waals surface area contributed by atoms with Crippen molar-refractivity contribution in [2.75, 3.05) is 5.32 Å². The number of aryl methyl sites for hydroxylation is 4. The third kappa shape index (κ3) is 3.97. The van der Waals surface area contributed by atoms with Gasteiger partial charge in [-0.05, 0) is 56.2 Å². The van der Waals surface area contributed by atoms with Crippen LogP contribution in [0.15, 0.2) is 47.0 Å². The lowest BCUT2D eigenvalue weighted by molar-refractivity contribution is -0.116. The van der Waals surface area contributed by atoms with E-state index in [0.717, 1.165) is 32.2 Å². The Morgan fingerprint density at radius 2 is 1.96 bits per heavy atom. The monoisotopic (exact) mass is 391 g/mol. The number of benzene rings is 2. The van der Waals surface area contributed by atoms with E-state index in [4.69, 9.17) is 4.42 Å². The predicted octanol–water partition coefficient (Wildman–Crippen LogP) is 5.45. The Labute approximate surface area is 167 Å². The SMILES string of the molecule is Cc1nc2ccc(NC(=O)CCc3ncc(-c4ccc(C)c(C)c4)o3)cc2s1. The van der Waals surface area contributed by atoms with Crippen LogP contribution >= 0.6 is 11.3 Å².